The van der Waals surface area contributed by atoms with Gasteiger partial charge in [0.25, 0.3) is 10.0 Å². The van der Waals surface area contributed by atoms with Crippen LogP contribution in [0.2, 0.25) is 0 Å². The fourth-order valence-corrected chi connectivity index (χ4v) is 5.99. The molecule has 0 aliphatic carbocycles. The van der Waals surface area contributed by atoms with Gasteiger partial charge >= 0.3 is 0 Å². The summed E-state index contributed by atoms with van der Waals surface area (Å²) in [5.41, 5.74) is -0.283. The third-order valence-corrected chi connectivity index (χ3v) is 8.09. The normalized spacial score (nSPS) is 15.8. The number of nitrogens with one attached hydrogen (secondary N) is 1. The molecule has 8 nitrogen and oxygen atoms in total. The number of ether oxygens (including phenoxy) is 1. The van der Waals surface area contributed by atoms with E-state index in [1.165, 1.54) is 18.3 Å². The van der Waals surface area contributed by atoms with Gasteiger partial charge in [0.2, 0.25) is 10.0 Å². The van der Waals surface area contributed by atoms with Crippen molar-refractivity contribution in [2.45, 2.75) is 9.79 Å². The fourth-order valence-electron chi connectivity index (χ4n) is 3.25. The summed E-state index contributed by atoms with van der Waals surface area (Å²) in [7, 11) is -8.46. The maximum Gasteiger partial charge on any atom is 0.262 e. The summed E-state index contributed by atoms with van der Waals surface area (Å²) in [5, 5.41) is 0.0540. The standard InChI is InChI=1S/C19H17F2N3O5S2/c20-15-4-3-13(12-18(15)31(27,28)24-8-10-29-11-9-24)23-30(25,26)17-6-5-16(21)19-14(17)2-1-7-22-19/h1-7,12,23H,8-11H2. The van der Waals surface area contributed by atoms with Crippen LogP contribution >= 0.6 is 0 Å². The van der Waals surface area contributed by atoms with Crippen LogP contribution in [-0.2, 0) is 24.8 Å². The summed E-state index contributed by atoms with van der Waals surface area (Å²) in [5.74, 6) is -1.69. The van der Waals surface area contributed by atoms with Gasteiger partial charge in [-0.25, -0.2) is 25.6 Å². The molecule has 1 N–H and O–H groups in total. The molecule has 0 unspecified atom stereocenters. The molecular formula is C19H17F2N3O5S2. The minimum absolute atomic E-state index is 0.0540. The number of halogens is 2. The lowest BCUT2D eigenvalue weighted by Gasteiger charge is -2.26. The summed E-state index contributed by atoms with van der Waals surface area (Å²) in [6, 6.07) is 7.82. The van der Waals surface area contributed by atoms with E-state index in [-0.39, 0.29) is 47.8 Å². The lowest BCUT2D eigenvalue weighted by Crippen LogP contribution is -2.40. The van der Waals surface area contributed by atoms with Crippen LogP contribution in [0.5, 0.6) is 0 Å². The lowest BCUT2D eigenvalue weighted by molar-refractivity contribution is 0.0729. The topological polar surface area (TPSA) is 106 Å². The van der Waals surface area contributed by atoms with Crippen LogP contribution in [0.4, 0.5) is 14.5 Å². The second-order valence-electron chi connectivity index (χ2n) is 6.71. The van der Waals surface area contributed by atoms with E-state index in [4.69, 9.17) is 4.74 Å². The Morgan fingerprint density at radius 3 is 2.39 bits per heavy atom. The molecule has 1 aromatic heterocycles. The van der Waals surface area contributed by atoms with Crippen molar-refractivity contribution in [2.75, 3.05) is 31.0 Å². The van der Waals surface area contributed by atoms with Crippen LogP contribution in [0.1, 0.15) is 0 Å². The number of nitrogens with zero attached hydrogens (tertiary/aromatic N) is 2. The Labute approximate surface area is 177 Å². The maximum atomic E-state index is 14.4. The molecule has 1 aliphatic heterocycles. The van der Waals surface area contributed by atoms with Gasteiger partial charge in [-0.2, -0.15) is 4.31 Å². The highest BCUT2D eigenvalue weighted by Gasteiger charge is 2.30. The van der Waals surface area contributed by atoms with Crippen LogP contribution < -0.4 is 4.72 Å². The molecule has 1 saturated heterocycles. The number of benzene rings is 2. The first kappa shape index (κ1) is 21.6. The zero-order chi connectivity index (χ0) is 22.2. The number of sulfonamides is 2. The number of hydrogen-bond acceptors (Lipinski definition) is 6. The first-order valence-corrected chi connectivity index (χ1v) is 12.1. The monoisotopic (exact) mass is 469 g/mol. The molecule has 0 bridgehead atoms. The Morgan fingerprint density at radius 2 is 1.65 bits per heavy atom. The van der Waals surface area contributed by atoms with E-state index >= 15 is 0 Å². The molecule has 164 valence electrons. The second kappa shape index (κ2) is 8.11. The van der Waals surface area contributed by atoms with Crippen molar-refractivity contribution in [1.82, 2.24) is 9.29 Å². The number of rotatable bonds is 5. The van der Waals surface area contributed by atoms with Crippen LogP contribution in [0.3, 0.4) is 0 Å². The Morgan fingerprint density at radius 1 is 0.935 bits per heavy atom. The summed E-state index contributed by atoms with van der Waals surface area (Å²) >= 11 is 0. The predicted molar refractivity (Wildman–Crippen MR) is 108 cm³/mol. The second-order valence-corrected chi connectivity index (χ2v) is 10.3. The minimum atomic E-state index is -4.26. The molecular weight excluding hydrogens is 452 g/mol. The largest absolute Gasteiger partial charge is 0.379 e. The molecule has 4 rings (SSSR count). The molecule has 12 heteroatoms. The smallest absolute Gasteiger partial charge is 0.262 e. The van der Waals surface area contributed by atoms with E-state index in [1.54, 1.807) is 0 Å². The molecule has 2 heterocycles. The van der Waals surface area contributed by atoms with Gasteiger partial charge in [0.1, 0.15) is 22.0 Å². The van der Waals surface area contributed by atoms with Gasteiger partial charge < -0.3 is 4.74 Å². The quantitative estimate of drug-likeness (QED) is 0.615. The van der Waals surface area contributed by atoms with E-state index in [2.05, 4.69) is 9.71 Å². The number of anilines is 1. The summed E-state index contributed by atoms with van der Waals surface area (Å²) in [6.07, 6.45) is 1.33. The van der Waals surface area contributed by atoms with E-state index in [9.17, 15) is 25.6 Å². The predicted octanol–water partition coefficient (Wildman–Crippen LogP) is 2.33. The fraction of sp³-hybridized carbons (Fsp3) is 0.211. The summed E-state index contributed by atoms with van der Waals surface area (Å²) < 4.78 is 88.3. The first-order chi connectivity index (χ1) is 14.7. The van der Waals surface area contributed by atoms with Crippen molar-refractivity contribution in [2.24, 2.45) is 0 Å². The number of aromatic nitrogens is 1. The average molecular weight is 469 g/mol. The van der Waals surface area contributed by atoms with Crippen LogP contribution in [-0.4, -0.2) is 52.4 Å². The number of pyridine rings is 1. The summed E-state index contributed by atoms with van der Waals surface area (Å²) in [4.78, 5) is 2.96. The van der Waals surface area contributed by atoms with Crippen molar-refractivity contribution in [1.29, 1.82) is 0 Å². The van der Waals surface area contributed by atoms with E-state index in [1.807, 2.05) is 0 Å². The first-order valence-electron chi connectivity index (χ1n) is 9.14. The van der Waals surface area contributed by atoms with Gasteiger partial charge in [0, 0.05) is 24.7 Å². The third kappa shape index (κ3) is 4.11. The third-order valence-electron chi connectivity index (χ3n) is 4.74. The molecule has 0 radical (unpaired) electrons. The Hall–Kier alpha value is -2.67. The van der Waals surface area contributed by atoms with Crippen LogP contribution in [0.15, 0.2) is 58.5 Å². The Balaban J connectivity index is 1.72. The summed E-state index contributed by atoms with van der Waals surface area (Å²) in [6.45, 7) is 0.482. The molecule has 1 aliphatic rings. The molecule has 0 saturated carbocycles. The SMILES string of the molecule is O=S(=O)(Nc1ccc(F)c(S(=O)(=O)N2CCOCC2)c1)c1ccc(F)c2ncccc12. The zero-order valence-corrected chi connectivity index (χ0v) is 17.6. The Bertz CT molecular complexity index is 1360. The van der Waals surface area contributed by atoms with Crippen molar-refractivity contribution in [3.63, 3.8) is 0 Å². The van der Waals surface area contributed by atoms with Crippen molar-refractivity contribution in [3.05, 3.63) is 60.3 Å². The van der Waals surface area contributed by atoms with Gasteiger partial charge in [0.05, 0.1) is 23.8 Å². The minimum Gasteiger partial charge on any atom is -0.379 e. The molecule has 2 aromatic carbocycles. The zero-order valence-electron chi connectivity index (χ0n) is 16.0. The molecule has 0 amide bonds. The molecule has 1 fully saturated rings. The highest BCUT2D eigenvalue weighted by molar-refractivity contribution is 7.93. The van der Waals surface area contributed by atoms with Crippen LogP contribution in [0, 0.1) is 11.6 Å². The van der Waals surface area contributed by atoms with Crippen molar-refractivity contribution in [3.8, 4) is 0 Å². The van der Waals surface area contributed by atoms with E-state index in [0.717, 1.165) is 34.6 Å². The molecule has 0 spiro atoms. The van der Waals surface area contributed by atoms with E-state index < -0.39 is 36.6 Å². The van der Waals surface area contributed by atoms with Crippen LogP contribution in [0.25, 0.3) is 10.9 Å². The lowest BCUT2D eigenvalue weighted by atomic mass is 10.2. The Kier molecular flexibility index (Phi) is 5.64. The van der Waals surface area contributed by atoms with Gasteiger partial charge in [-0.05, 0) is 42.5 Å². The molecule has 3 aromatic rings. The molecule has 31 heavy (non-hydrogen) atoms. The van der Waals surface area contributed by atoms with Gasteiger partial charge in [-0.15, -0.1) is 0 Å². The van der Waals surface area contributed by atoms with Crippen molar-refractivity contribution >= 4 is 36.6 Å². The van der Waals surface area contributed by atoms with Gasteiger partial charge in [-0.1, -0.05) is 0 Å². The number of fused-ring (bicyclic) bond motifs is 1. The van der Waals surface area contributed by atoms with E-state index in [0.29, 0.717) is 0 Å². The van der Waals surface area contributed by atoms with Gasteiger partial charge in [-0.3, -0.25) is 9.71 Å². The number of hydrogen-bond donors (Lipinski definition) is 1. The highest BCUT2D eigenvalue weighted by Crippen LogP contribution is 2.28. The van der Waals surface area contributed by atoms with Gasteiger partial charge in [0.15, 0.2) is 0 Å². The highest BCUT2D eigenvalue weighted by atomic mass is 32.2. The average Bonchev–Trinajstić information content (AvgIpc) is 2.75. The molecule has 0 atom stereocenters. The number of morpholine rings is 1. The maximum absolute atomic E-state index is 14.4. The van der Waals surface area contributed by atoms with Crippen molar-refractivity contribution < 1.29 is 30.4 Å².